The van der Waals surface area contributed by atoms with Crippen molar-refractivity contribution in [3.05, 3.63) is 59.7 Å². The second kappa shape index (κ2) is 8.14. The highest BCUT2D eigenvalue weighted by Crippen LogP contribution is 2.22. The molecule has 0 unspecified atom stereocenters. The largest absolute Gasteiger partial charge is 0.401 e. The summed E-state index contributed by atoms with van der Waals surface area (Å²) in [4.78, 5) is 15.4. The number of hydrogen-bond donors (Lipinski definition) is 1. The van der Waals surface area contributed by atoms with Crippen molar-refractivity contribution >= 4 is 17.3 Å². The fraction of sp³-hybridized carbons (Fsp3) is 0.316. The molecule has 1 N–H and O–H groups in total. The van der Waals surface area contributed by atoms with Crippen molar-refractivity contribution in [1.29, 1.82) is 0 Å². The van der Waals surface area contributed by atoms with Gasteiger partial charge in [-0.2, -0.15) is 13.2 Å². The third-order valence-electron chi connectivity index (χ3n) is 4.45. The van der Waals surface area contributed by atoms with Crippen LogP contribution >= 0.6 is 0 Å². The van der Waals surface area contributed by atoms with Crippen LogP contribution in [0.25, 0.3) is 0 Å². The second-order valence-electron chi connectivity index (χ2n) is 6.51. The average molecular weight is 399 g/mol. The quantitative estimate of drug-likeness (QED) is 0.793. The predicted molar refractivity (Wildman–Crippen MR) is 95.5 cm³/mol. The van der Waals surface area contributed by atoms with Crippen molar-refractivity contribution in [1.82, 2.24) is 4.90 Å². The Morgan fingerprint density at radius 2 is 1.57 bits per heavy atom. The number of hydrogen-bond acceptors (Lipinski definition) is 3. The molecule has 1 aliphatic heterocycles. The summed E-state index contributed by atoms with van der Waals surface area (Å²) in [5, 5.41) is 2.59. The zero-order valence-electron chi connectivity index (χ0n) is 14.8. The molecule has 1 aliphatic rings. The van der Waals surface area contributed by atoms with Gasteiger partial charge in [-0.1, -0.05) is 0 Å². The average Bonchev–Trinajstić information content (AvgIpc) is 2.64. The summed E-state index contributed by atoms with van der Waals surface area (Å²) >= 11 is 0. The highest BCUT2D eigenvalue weighted by atomic mass is 19.4. The zero-order chi connectivity index (χ0) is 20.3. The molecule has 2 aromatic rings. The molecule has 0 bridgehead atoms. The lowest BCUT2D eigenvalue weighted by Crippen LogP contribution is -2.49. The Morgan fingerprint density at radius 1 is 0.929 bits per heavy atom. The van der Waals surface area contributed by atoms with Crippen LogP contribution in [0.4, 0.5) is 33.3 Å². The SMILES string of the molecule is O=C(Nc1ccc(N2CCN(CC(F)(F)F)CC2)cc1)c1ccc(F)c(F)c1. The monoisotopic (exact) mass is 399 g/mol. The fourth-order valence-electron chi connectivity index (χ4n) is 3.01. The molecule has 1 fully saturated rings. The van der Waals surface area contributed by atoms with Crippen molar-refractivity contribution in [2.75, 3.05) is 42.9 Å². The molecular formula is C19H18F5N3O. The maximum Gasteiger partial charge on any atom is 0.401 e. The van der Waals surface area contributed by atoms with Gasteiger partial charge in [0.15, 0.2) is 11.6 Å². The lowest BCUT2D eigenvalue weighted by Gasteiger charge is -2.36. The van der Waals surface area contributed by atoms with Crippen molar-refractivity contribution in [3.63, 3.8) is 0 Å². The number of piperazine rings is 1. The number of anilines is 2. The highest BCUT2D eigenvalue weighted by molar-refractivity contribution is 6.04. The normalized spacial score (nSPS) is 15.5. The lowest BCUT2D eigenvalue weighted by atomic mass is 10.2. The maximum absolute atomic E-state index is 13.2. The lowest BCUT2D eigenvalue weighted by molar-refractivity contribution is -0.146. The Hall–Kier alpha value is -2.68. The van der Waals surface area contributed by atoms with Gasteiger partial charge in [-0.15, -0.1) is 0 Å². The van der Waals surface area contributed by atoms with Gasteiger partial charge in [0.05, 0.1) is 6.54 Å². The van der Waals surface area contributed by atoms with Gasteiger partial charge in [0.2, 0.25) is 0 Å². The van der Waals surface area contributed by atoms with Crippen LogP contribution in [0.1, 0.15) is 10.4 Å². The van der Waals surface area contributed by atoms with Crippen LogP contribution < -0.4 is 10.2 Å². The van der Waals surface area contributed by atoms with Gasteiger partial charge in [-0.25, -0.2) is 8.78 Å². The molecule has 150 valence electrons. The molecule has 0 aromatic heterocycles. The molecule has 0 atom stereocenters. The number of carbonyl (C=O) groups is 1. The van der Waals surface area contributed by atoms with Crippen LogP contribution in [-0.4, -0.2) is 49.7 Å². The van der Waals surface area contributed by atoms with E-state index in [4.69, 9.17) is 0 Å². The Balaban J connectivity index is 1.56. The summed E-state index contributed by atoms with van der Waals surface area (Å²) in [5.41, 5.74) is 1.29. The third kappa shape index (κ3) is 5.19. The number of rotatable bonds is 4. The van der Waals surface area contributed by atoms with Crippen LogP contribution in [0, 0.1) is 11.6 Å². The molecule has 1 saturated heterocycles. The Bertz CT molecular complexity index is 830. The summed E-state index contributed by atoms with van der Waals surface area (Å²) in [5.74, 6) is -2.71. The summed E-state index contributed by atoms with van der Waals surface area (Å²) in [6, 6.07) is 9.68. The number of nitrogens with one attached hydrogen (secondary N) is 1. The van der Waals surface area contributed by atoms with Gasteiger partial charge in [0, 0.05) is 43.1 Å². The van der Waals surface area contributed by atoms with Gasteiger partial charge in [-0.3, -0.25) is 9.69 Å². The number of amides is 1. The van der Waals surface area contributed by atoms with Gasteiger partial charge >= 0.3 is 6.18 Å². The highest BCUT2D eigenvalue weighted by Gasteiger charge is 2.32. The Labute approximate surface area is 158 Å². The van der Waals surface area contributed by atoms with Gasteiger partial charge in [0.25, 0.3) is 5.91 Å². The molecule has 9 heteroatoms. The summed E-state index contributed by atoms with van der Waals surface area (Å²) in [7, 11) is 0. The number of benzene rings is 2. The first kappa shape index (κ1) is 20.1. The zero-order valence-corrected chi connectivity index (χ0v) is 14.8. The Kier molecular flexibility index (Phi) is 5.83. The summed E-state index contributed by atoms with van der Waals surface area (Å²) < 4.78 is 63.5. The minimum atomic E-state index is -4.20. The first-order chi connectivity index (χ1) is 13.2. The van der Waals surface area contributed by atoms with E-state index < -0.39 is 30.3 Å². The van der Waals surface area contributed by atoms with Gasteiger partial charge in [0.1, 0.15) is 0 Å². The predicted octanol–water partition coefficient (Wildman–Crippen LogP) is 3.90. The second-order valence-corrected chi connectivity index (χ2v) is 6.51. The topological polar surface area (TPSA) is 35.6 Å². The van der Waals surface area contributed by atoms with Crippen LogP contribution in [0.5, 0.6) is 0 Å². The van der Waals surface area contributed by atoms with Crippen molar-refractivity contribution < 1.29 is 26.7 Å². The smallest absolute Gasteiger partial charge is 0.369 e. The van der Waals surface area contributed by atoms with E-state index in [1.807, 2.05) is 4.90 Å². The van der Waals surface area contributed by atoms with Gasteiger partial charge < -0.3 is 10.2 Å². The fourth-order valence-corrected chi connectivity index (χ4v) is 3.01. The maximum atomic E-state index is 13.2. The third-order valence-corrected chi connectivity index (χ3v) is 4.45. The van der Waals surface area contributed by atoms with Crippen LogP contribution in [0.15, 0.2) is 42.5 Å². The molecular weight excluding hydrogens is 381 g/mol. The van der Waals surface area contributed by atoms with E-state index in [2.05, 4.69) is 5.32 Å². The number of carbonyl (C=O) groups excluding carboxylic acids is 1. The standard InChI is InChI=1S/C19H18F5N3O/c20-16-6-1-13(11-17(16)21)18(28)25-14-2-4-15(5-3-14)27-9-7-26(8-10-27)12-19(22,23)24/h1-6,11H,7-10,12H2,(H,25,28). The first-order valence-electron chi connectivity index (χ1n) is 8.62. The van der Waals surface area contributed by atoms with Crippen LogP contribution in [0.3, 0.4) is 0 Å². The van der Waals surface area contributed by atoms with E-state index in [1.165, 1.54) is 11.0 Å². The first-order valence-corrected chi connectivity index (χ1v) is 8.62. The molecule has 2 aromatic carbocycles. The van der Waals surface area contributed by atoms with E-state index in [0.717, 1.165) is 17.8 Å². The molecule has 0 aliphatic carbocycles. The van der Waals surface area contributed by atoms with Crippen molar-refractivity contribution in [3.8, 4) is 0 Å². The van der Waals surface area contributed by atoms with E-state index >= 15 is 0 Å². The van der Waals surface area contributed by atoms with Crippen molar-refractivity contribution in [2.45, 2.75) is 6.18 Å². The van der Waals surface area contributed by atoms with E-state index in [-0.39, 0.29) is 5.56 Å². The Morgan fingerprint density at radius 3 is 2.14 bits per heavy atom. The molecule has 0 saturated carbocycles. The number of halogens is 5. The molecule has 4 nitrogen and oxygen atoms in total. The van der Waals surface area contributed by atoms with E-state index in [0.29, 0.717) is 31.9 Å². The van der Waals surface area contributed by atoms with E-state index in [9.17, 15) is 26.7 Å². The summed E-state index contributed by atoms with van der Waals surface area (Å²) in [6.45, 7) is 0.658. The van der Waals surface area contributed by atoms with E-state index in [1.54, 1.807) is 24.3 Å². The molecule has 3 rings (SSSR count). The van der Waals surface area contributed by atoms with Gasteiger partial charge in [-0.05, 0) is 42.5 Å². The molecule has 1 heterocycles. The number of alkyl halides is 3. The number of nitrogens with zero attached hydrogens (tertiary/aromatic N) is 2. The molecule has 1 amide bonds. The minimum absolute atomic E-state index is 0.0104. The van der Waals surface area contributed by atoms with Crippen LogP contribution in [0.2, 0.25) is 0 Å². The molecule has 28 heavy (non-hydrogen) atoms. The molecule has 0 radical (unpaired) electrons. The minimum Gasteiger partial charge on any atom is -0.369 e. The molecule has 0 spiro atoms. The summed E-state index contributed by atoms with van der Waals surface area (Å²) in [6.07, 6.45) is -4.20. The van der Waals surface area contributed by atoms with Crippen LogP contribution in [-0.2, 0) is 0 Å². The van der Waals surface area contributed by atoms with Crippen molar-refractivity contribution in [2.24, 2.45) is 0 Å².